The maximum Gasteiger partial charge on any atom is 0.183 e. The number of benzene rings is 1. The summed E-state index contributed by atoms with van der Waals surface area (Å²) in [4.78, 5) is 7.83. The van der Waals surface area contributed by atoms with E-state index < -0.39 is 0 Å². The molecule has 0 aliphatic heterocycles. The highest BCUT2D eigenvalue weighted by Crippen LogP contribution is 2.33. The lowest BCUT2D eigenvalue weighted by Gasteiger charge is -2.15. The van der Waals surface area contributed by atoms with Gasteiger partial charge in [0.2, 0.25) is 0 Å². The van der Waals surface area contributed by atoms with E-state index >= 15 is 0 Å². The van der Waals surface area contributed by atoms with Gasteiger partial charge in [-0.2, -0.15) is 0 Å². The number of H-pyrrole nitrogens is 1. The maximum atomic E-state index is 5.65. The Morgan fingerprint density at radius 3 is 2.91 bits per heavy atom. The van der Waals surface area contributed by atoms with Crippen LogP contribution >= 0.6 is 11.3 Å². The summed E-state index contributed by atoms with van der Waals surface area (Å²) in [6.07, 6.45) is 3.73. The van der Waals surface area contributed by atoms with E-state index in [4.69, 9.17) is 4.42 Å². The Bertz CT molecular complexity index is 892. The summed E-state index contributed by atoms with van der Waals surface area (Å²) in [5, 5.41) is 7.61. The van der Waals surface area contributed by atoms with Crippen molar-refractivity contribution < 1.29 is 4.42 Å². The van der Waals surface area contributed by atoms with Crippen molar-refractivity contribution >= 4 is 27.4 Å². The summed E-state index contributed by atoms with van der Waals surface area (Å²) in [6, 6.07) is 12.1. The Hall–Kier alpha value is -2.53. The minimum Gasteiger partial charge on any atom is -0.467 e. The first-order valence-electron chi connectivity index (χ1n) is 7.09. The maximum absolute atomic E-state index is 5.65. The van der Waals surface area contributed by atoms with Crippen LogP contribution in [0.5, 0.6) is 0 Å². The Morgan fingerprint density at radius 2 is 2.14 bits per heavy atom. The quantitative estimate of drug-likeness (QED) is 0.573. The molecule has 4 rings (SSSR count). The van der Waals surface area contributed by atoms with Crippen molar-refractivity contribution in [2.75, 3.05) is 5.32 Å². The average molecular weight is 309 g/mol. The number of furan rings is 1. The van der Waals surface area contributed by atoms with Gasteiger partial charge < -0.3 is 14.7 Å². The van der Waals surface area contributed by atoms with Crippen LogP contribution in [0.25, 0.3) is 10.9 Å². The number of aromatic amines is 1. The van der Waals surface area contributed by atoms with Crippen LogP contribution in [0.15, 0.2) is 58.7 Å². The third kappa shape index (κ3) is 2.29. The second-order valence-electron chi connectivity index (χ2n) is 5.18. The van der Waals surface area contributed by atoms with Crippen LogP contribution in [0.4, 0.5) is 5.13 Å². The minimum atomic E-state index is -0.0725. The highest BCUT2D eigenvalue weighted by molar-refractivity contribution is 7.13. The number of nitrogens with zero attached hydrogens (tertiary/aromatic N) is 1. The molecule has 0 spiro atoms. The van der Waals surface area contributed by atoms with Crippen molar-refractivity contribution in [3.8, 4) is 0 Å². The number of thiazole rings is 1. The number of aromatic nitrogens is 2. The van der Waals surface area contributed by atoms with Gasteiger partial charge in [-0.3, -0.25) is 0 Å². The third-order valence-electron chi connectivity index (χ3n) is 3.65. The van der Waals surface area contributed by atoms with E-state index in [1.807, 2.05) is 42.8 Å². The number of nitrogens with one attached hydrogen (secondary N) is 2. The van der Waals surface area contributed by atoms with Crippen LogP contribution in [0.3, 0.4) is 0 Å². The van der Waals surface area contributed by atoms with E-state index in [1.54, 1.807) is 17.6 Å². The number of para-hydroxylation sites is 1. The molecule has 4 aromatic rings. The Morgan fingerprint density at radius 1 is 1.23 bits per heavy atom. The molecule has 0 fully saturated rings. The Kier molecular flexibility index (Phi) is 3.20. The number of anilines is 1. The van der Waals surface area contributed by atoms with Gasteiger partial charge in [0.15, 0.2) is 5.13 Å². The van der Waals surface area contributed by atoms with Gasteiger partial charge in [0.1, 0.15) is 11.8 Å². The standard InChI is InChI=1S/C17H15N3OS/c1-11-10-22-17(19-11)20-16(15-7-4-8-21-15)13-9-18-14-6-3-2-5-12(13)14/h2-10,16,18H,1H3,(H,19,20). The SMILES string of the molecule is Cc1csc(NC(c2ccco2)c2c[nH]c3ccccc23)n1. The monoisotopic (exact) mass is 309 g/mol. The van der Waals surface area contributed by atoms with E-state index in [0.717, 1.165) is 27.7 Å². The summed E-state index contributed by atoms with van der Waals surface area (Å²) >= 11 is 1.60. The van der Waals surface area contributed by atoms with Gasteiger partial charge in [-0.1, -0.05) is 18.2 Å². The van der Waals surface area contributed by atoms with Crippen LogP contribution < -0.4 is 5.32 Å². The van der Waals surface area contributed by atoms with Gasteiger partial charge in [0, 0.05) is 28.0 Å². The molecule has 0 aliphatic carbocycles. The van der Waals surface area contributed by atoms with Gasteiger partial charge in [-0.15, -0.1) is 11.3 Å². The summed E-state index contributed by atoms with van der Waals surface area (Å²) < 4.78 is 5.65. The molecular weight excluding hydrogens is 294 g/mol. The van der Waals surface area contributed by atoms with Crippen molar-refractivity contribution in [1.29, 1.82) is 0 Å². The molecule has 4 nitrogen and oxygen atoms in total. The van der Waals surface area contributed by atoms with Crippen LogP contribution in [-0.4, -0.2) is 9.97 Å². The van der Waals surface area contributed by atoms with Crippen molar-refractivity contribution in [2.24, 2.45) is 0 Å². The smallest absolute Gasteiger partial charge is 0.183 e. The average Bonchev–Trinajstić information content (AvgIpc) is 3.26. The summed E-state index contributed by atoms with van der Waals surface area (Å²) in [7, 11) is 0. The fraction of sp³-hybridized carbons (Fsp3) is 0.118. The molecule has 0 saturated heterocycles. The Balaban J connectivity index is 1.80. The van der Waals surface area contributed by atoms with E-state index in [1.165, 1.54) is 5.39 Å². The zero-order chi connectivity index (χ0) is 14.9. The number of aryl methyl sites for hydroxylation is 1. The second-order valence-corrected chi connectivity index (χ2v) is 6.03. The summed E-state index contributed by atoms with van der Waals surface area (Å²) in [5.41, 5.74) is 3.29. The van der Waals surface area contributed by atoms with Crippen LogP contribution in [0, 0.1) is 6.92 Å². The third-order valence-corrected chi connectivity index (χ3v) is 4.54. The van der Waals surface area contributed by atoms with E-state index in [2.05, 4.69) is 27.4 Å². The van der Waals surface area contributed by atoms with Crippen LogP contribution in [-0.2, 0) is 0 Å². The van der Waals surface area contributed by atoms with Gasteiger partial charge in [-0.25, -0.2) is 4.98 Å². The number of rotatable bonds is 4. The highest BCUT2D eigenvalue weighted by Gasteiger charge is 2.21. The normalized spacial score (nSPS) is 12.6. The van der Waals surface area contributed by atoms with Gasteiger partial charge in [0.05, 0.1) is 12.0 Å². The van der Waals surface area contributed by atoms with Gasteiger partial charge in [0.25, 0.3) is 0 Å². The minimum absolute atomic E-state index is 0.0725. The lowest BCUT2D eigenvalue weighted by molar-refractivity contribution is 0.499. The number of hydrogen-bond acceptors (Lipinski definition) is 4. The van der Waals surface area contributed by atoms with Crippen molar-refractivity contribution in [3.05, 3.63) is 71.3 Å². The Labute approximate surface area is 131 Å². The molecule has 110 valence electrons. The molecule has 3 heterocycles. The van der Waals surface area contributed by atoms with E-state index in [0.29, 0.717) is 0 Å². The first-order valence-corrected chi connectivity index (χ1v) is 7.97. The molecule has 0 bridgehead atoms. The molecule has 1 atom stereocenters. The second kappa shape index (κ2) is 5.35. The zero-order valence-corrected chi connectivity index (χ0v) is 12.9. The lowest BCUT2D eigenvalue weighted by Crippen LogP contribution is -2.11. The summed E-state index contributed by atoms with van der Waals surface area (Å²) in [6.45, 7) is 2.00. The summed E-state index contributed by atoms with van der Waals surface area (Å²) in [5.74, 6) is 0.873. The first-order chi connectivity index (χ1) is 10.8. The molecule has 2 N–H and O–H groups in total. The molecule has 22 heavy (non-hydrogen) atoms. The number of fused-ring (bicyclic) bond motifs is 1. The molecule has 1 unspecified atom stereocenters. The van der Waals surface area contributed by atoms with E-state index in [9.17, 15) is 0 Å². The molecule has 0 aliphatic rings. The largest absolute Gasteiger partial charge is 0.467 e. The molecule has 0 radical (unpaired) electrons. The lowest BCUT2D eigenvalue weighted by atomic mass is 10.0. The van der Waals surface area contributed by atoms with Crippen LogP contribution in [0.2, 0.25) is 0 Å². The molecule has 5 heteroatoms. The fourth-order valence-electron chi connectivity index (χ4n) is 2.63. The molecule has 3 aromatic heterocycles. The predicted molar refractivity (Wildman–Crippen MR) is 89.3 cm³/mol. The van der Waals surface area contributed by atoms with Crippen molar-refractivity contribution in [1.82, 2.24) is 9.97 Å². The van der Waals surface area contributed by atoms with E-state index in [-0.39, 0.29) is 6.04 Å². The molecule has 0 amide bonds. The van der Waals surface area contributed by atoms with Gasteiger partial charge >= 0.3 is 0 Å². The molecular formula is C17H15N3OS. The fourth-order valence-corrected chi connectivity index (χ4v) is 3.35. The zero-order valence-electron chi connectivity index (χ0n) is 12.0. The van der Waals surface area contributed by atoms with Crippen molar-refractivity contribution in [2.45, 2.75) is 13.0 Å². The first kappa shape index (κ1) is 13.2. The van der Waals surface area contributed by atoms with Crippen molar-refractivity contribution in [3.63, 3.8) is 0 Å². The van der Waals surface area contributed by atoms with Crippen LogP contribution in [0.1, 0.15) is 23.1 Å². The van der Waals surface area contributed by atoms with Gasteiger partial charge in [-0.05, 0) is 25.1 Å². The topological polar surface area (TPSA) is 53.9 Å². The number of hydrogen-bond donors (Lipinski definition) is 2. The highest BCUT2D eigenvalue weighted by atomic mass is 32.1. The molecule has 0 saturated carbocycles. The predicted octanol–water partition coefficient (Wildman–Crippen LogP) is 4.73. The molecule has 1 aromatic carbocycles.